The van der Waals surface area contributed by atoms with Crippen molar-refractivity contribution in [3.63, 3.8) is 0 Å². The first-order chi connectivity index (χ1) is 8.70. The molecule has 0 bridgehead atoms. The molecule has 0 spiro atoms. The maximum atomic E-state index is 13.2. The highest BCUT2D eigenvalue weighted by Gasteiger charge is 2.11. The molecule has 2 rings (SSSR count). The fraction of sp³-hybridized carbons (Fsp3) is 0.357. The maximum Gasteiger partial charge on any atom is 0.126 e. The van der Waals surface area contributed by atoms with Gasteiger partial charge in [-0.25, -0.2) is 9.37 Å². The second kappa shape index (κ2) is 6.07. The molecule has 1 aromatic heterocycles. The normalized spacial score (nSPS) is 12.6. The van der Waals surface area contributed by atoms with E-state index in [9.17, 15) is 4.39 Å². The van der Waals surface area contributed by atoms with Crippen LogP contribution in [0.4, 0.5) is 4.39 Å². The van der Waals surface area contributed by atoms with Crippen LogP contribution in [-0.2, 0) is 6.54 Å². The van der Waals surface area contributed by atoms with Crippen LogP contribution in [0.5, 0.6) is 0 Å². The van der Waals surface area contributed by atoms with Crippen LogP contribution in [0.25, 0.3) is 0 Å². The fourth-order valence-corrected chi connectivity index (χ4v) is 2.67. The van der Waals surface area contributed by atoms with Crippen molar-refractivity contribution in [2.24, 2.45) is 0 Å². The smallest absolute Gasteiger partial charge is 0.126 e. The lowest BCUT2D eigenvalue weighted by Crippen LogP contribution is -2.20. The minimum absolute atomic E-state index is 0.147. The SMILES string of the molecule is CCC(NCc1ccc(F)c(C)c1)c1nccs1. The van der Waals surface area contributed by atoms with Crippen molar-refractivity contribution < 1.29 is 4.39 Å². The number of nitrogens with one attached hydrogen (secondary N) is 1. The van der Waals surface area contributed by atoms with Crippen LogP contribution in [0.15, 0.2) is 29.8 Å². The maximum absolute atomic E-state index is 13.2. The second-order valence-electron chi connectivity index (χ2n) is 4.30. The molecule has 0 aliphatic heterocycles. The number of thiazole rings is 1. The summed E-state index contributed by atoms with van der Waals surface area (Å²) in [6, 6.07) is 5.51. The molecule has 1 unspecified atom stereocenters. The van der Waals surface area contributed by atoms with Gasteiger partial charge in [0.25, 0.3) is 0 Å². The van der Waals surface area contributed by atoms with Gasteiger partial charge in [0.2, 0.25) is 0 Å². The van der Waals surface area contributed by atoms with Crippen molar-refractivity contribution in [1.82, 2.24) is 10.3 Å². The van der Waals surface area contributed by atoms with Gasteiger partial charge in [0.15, 0.2) is 0 Å². The molecule has 1 heterocycles. The Bertz CT molecular complexity index is 497. The minimum Gasteiger partial charge on any atom is -0.304 e. The Morgan fingerprint density at radius 3 is 2.89 bits per heavy atom. The number of aromatic nitrogens is 1. The third kappa shape index (κ3) is 3.15. The van der Waals surface area contributed by atoms with Crippen LogP contribution >= 0.6 is 11.3 Å². The van der Waals surface area contributed by atoms with Crippen LogP contribution in [0.3, 0.4) is 0 Å². The van der Waals surface area contributed by atoms with E-state index in [1.54, 1.807) is 18.3 Å². The zero-order valence-electron chi connectivity index (χ0n) is 10.6. The summed E-state index contributed by atoms with van der Waals surface area (Å²) in [6.45, 7) is 4.66. The van der Waals surface area contributed by atoms with Gasteiger partial charge in [0.05, 0.1) is 6.04 Å². The number of rotatable bonds is 5. The number of hydrogen-bond donors (Lipinski definition) is 1. The quantitative estimate of drug-likeness (QED) is 0.887. The molecule has 18 heavy (non-hydrogen) atoms. The number of halogens is 1. The van der Waals surface area contributed by atoms with Gasteiger partial charge in [-0.15, -0.1) is 11.3 Å². The number of benzene rings is 1. The third-order valence-electron chi connectivity index (χ3n) is 2.93. The van der Waals surface area contributed by atoms with Gasteiger partial charge in [0.1, 0.15) is 10.8 Å². The molecule has 1 atom stereocenters. The predicted octanol–water partition coefficient (Wildman–Crippen LogP) is 3.83. The van der Waals surface area contributed by atoms with E-state index in [1.807, 2.05) is 23.7 Å². The lowest BCUT2D eigenvalue weighted by Gasteiger charge is -2.14. The molecular formula is C14H17FN2S. The highest BCUT2D eigenvalue weighted by Crippen LogP contribution is 2.19. The number of hydrogen-bond acceptors (Lipinski definition) is 3. The Morgan fingerprint density at radius 2 is 2.28 bits per heavy atom. The molecule has 0 amide bonds. The second-order valence-corrected chi connectivity index (χ2v) is 5.22. The van der Waals surface area contributed by atoms with Crippen molar-refractivity contribution in [2.45, 2.75) is 32.9 Å². The Hall–Kier alpha value is -1.26. The molecule has 1 N–H and O–H groups in total. The molecule has 0 aliphatic rings. The van der Waals surface area contributed by atoms with Gasteiger partial charge in [-0.3, -0.25) is 0 Å². The highest BCUT2D eigenvalue weighted by molar-refractivity contribution is 7.09. The molecule has 0 aliphatic carbocycles. The number of nitrogens with zero attached hydrogens (tertiary/aromatic N) is 1. The van der Waals surface area contributed by atoms with Crippen LogP contribution < -0.4 is 5.32 Å². The van der Waals surface area contributed by atoms with Gasteiger partial charge < -0.3 is 5.32 Å². The van der Waals surface area contributed by atoms with Gasteiger partial charge in [-0.2, -0.15) is 0 Å². The Morgan fingerprint density at radius 1 is 1.44 bits per heavy atom. The van der Waals surface area contributed by atoms with Crippen molar-refractivity contribution in [3.05, 3.63) is 51.7 Å². The van der Waals surface area contributed by atoms with E-state index in [-0.39, 0.29) is 11.9 Å². The summed E-state index contributed by atoms with van der Waals surface area (Å²) in [5, 5.41) is 6.56. The molecule has 1 aromatic carbocycles. The Kier molecular flexibility index (Phi) is 4.44. The average molecular weight is 264 g/mol. The zero-order chi connectivity index (χ0) is 13.0. The summed E-state index contributed by atoms with van der Waals surface area (Å²) in [6.07, 6.45) is 2.82. The van der Waals surface area contributed by atoms with E-state index in [2.05, 4.69) is 17.2 Å². The lowest BCUT2D eigenvalue weighted by atomic mass is 10.1. The molecule has 0 saturated carbocycles. The molecule has 0 fully saturated rings. The Balaban J connectivity index is 1.99. The molecule has 2 nitrogen and oxygen atoms in total. The fourth-order valence-electron chi connectivity index (χ4n) is 1.87. The predicted molar refractivity (Wildman–Crippen MR) is 73.1 cm³/mol. The summed E-state index contributed by atoms with van der Waals surface area (Å²) < 4.78 is 13.2. The molecule has 2 aromatic rings. The van der Waals surface area contributed by atoms with Crippen LogP contribution in [0, 0.1) is 12.7 Å². The van der Waals surface area contributed by atoms with Gasteiger partial charge in [-0.05, 0) is 30.5 Å². The largest absolute Gasteiger partial charge is 0.304 e. The van der Waals surface area contributed by atoms with Crippen molar-refractivity contribution in [1.29, 1.82) is 0 Å². The molecular weight excluding hydrogens is 247 g/mol. The van der Waals surface area contributed by atoms with Gasteiger partial charge in [0, 0.05) is 18.1 Å². The molecule has 0 radical (unpaired) electrons. The highest BCUT2D eigenvalue weighted by atomic mass is 32.1. The van der Waals surface area contributed by atoms with E-state index in [0.717, 1.165) is 23.5 Å². The summed E-state index contributed by atoms with van der Waals surface area (Å²) in [5.74, 6) is -0.147. The first-order valence-electron chi connectivity index (χ1n) is 6.08. The minimum atomic E-state index is -0.147. The van der Waals surface area contributed by atoms with E-state index >= 15 is 0 Å². The van der Waals surface area contributed by atoms with Crippen molar-refractivity contribution in [2.75, 3.05) is 0 Å². The summed E-state index contributed by atoms with van der Waals surface area (Å²) in [7, 11) is 0. The zero-order valence-corrected chi connectivity index (χ0v) is 11.4. The van der Waals surface area contributed by atoms with Crippen molar-refractivity contribution in [3.8, 4) is 0 Å². The van der Waals surface area contributed by atoms with E-state index < -0.39 is 0 Å². The molecule has 96 valence electrons. The van der Waals surface area contributed by atoms with E-state index in [0.29, 0.717) is 5.56 Å². The third-order valence-corrected chi connectivity index (χ3v) is 3.82. The number of aryl methyl sites for hydroxylation is 1. The van der Waals surface area contributed by atoms with Crippen LogP contribution in [-0.4, -0.2) is 4.98 Å². The topological polar surface area (TPSA) is 24.9 Å². The van der Waals surface area contributed by atoms with Gasteiger partial charge in [-0.1, -0.05) is 19.1 Å². The Labute approximate surface area is 111 Å². The standard InChI is InChI=1S/C14H17FN2S/c1-3-13(14-16-6-7-18-14)17-9-11-4-5-12(15)10(2)8-11/h4-8,13,17H,3,9H2,1-2H3. The lowest BCUT2D eigenvalue weighted by molar-refractivity contribution is 0.516. The van der Waals surface area contributed by atoms with Crippen molar-refractivity contribution >= 4 is 11.3 Å². The van der Waals surface area contributed by atoms with E-state index in [1.165, 1.54) is 6.07 Å². The van der Waals surface area contributed by atoms with Crippen LogP contribution in [0.1, 0.15) is 35.5 Å². The average Bonchev–Trinajstić information content (AvgIpc) is 2.88. The summed E-state index contributed by atoms with van der Waals surface area (Å²) in [4.78, 5) is 4.33. The first-order valence-corrected chi connectivity index (χ1v) is 6.96. The van der Waals surface area contributed by atoms with E-state index in [4.69, 9.17) is 0 Å². The van der Waals surface area contributed by atoms with Gasteiger partial charge >= 0.3 is 0 Å². The summed E-state index contributed by atoms with van der Waals surface area (Å²) >= 11 is 1.66. The molecule has 0 saturated heterocycles. The van der Waals surface area contributed by atoms with Crippen LogP contribution in [0.2, 0.25) is 0 Å². The summed E-state index contributed by atoms with van der Waals surface area (Å²) in [5.41, 5.74) is 1.79. The monoisotopic (exact) mass is 264 g/mol. The molecule has 4 heteroatoms. The first kappa shape index (κ1) is 13.2.